The summed E-state index contributed by atoms with van der Waals surface area (Å²) in [5.74, 6) is 0.456. The Morgan fingerprint density at radius 1 is 1.47 bits per heavy atom. The minimum atomic E-state index is -1.08. The third-order valence-electron chi connectivity index (χ3n) is 2.23. The van der Waals surface area contributed by atoms with Gasteiger partial charge in [0, 0.05) is 22.1 Å². The quantitative estimate of drug-likeness (QED) is 0.669. The predicted octanol–water partition coefficient (Wildman–Crippen LogP) is 0.389. The Morgan fingerprint density at radius 2 is 2.07 bits per heavy atom. The zero-order chi connectivity index (χ0) is 11.9. The maximum absolute atomic E-state index is 11.5. The van der Waals surface area contributed by atoms with Gasteiger partial charge < -0.3 is 11.1 Å². The molecule has 0 spiro atoms. The molecule has 5 heteroatoms. The zero-order valence-corrected chi connectivity index (χ0v) is 10.7. The number of nitrogens with one attached hydrogen (secondary N) is 1. The van der Waals surface area contributed by atoms with Crippen molar-refractivity contribution in [2.75, 3.05) is 18.1 Å². The minimum absolute atomic E-state index is 0.0867. The topological polar surface area (TPSA) is 72.2 Å². The molecule has 0 saturated carbocycles. The summed E-state index contributed by atoms with van der Waals surface area (Å²) >= 11 is 0. The number of carbonyl (C=O) groups excluding carboxylic acids is 1. The van der Waals surface area contributed by atoms with E-state index in [9.17, 15) is 9.00 Å². The van der Waals surface area contributed by atoms with Crippen LogP contribution in [0.2, 0.25) is 0 Å². The van der Waals surface area contributed by atoms with Crippen LogP contribution in [0.5, 0.6) is 0 Å². The predicted molar refractivity (Wildman–Crippen MR) is 64.1 cm³/mol. The molecule has 0 fully saturated rings. The molecule has 90 valence electrons. The maximum atomic E-state index is 11.5. The van der Waals surface area contributed by atoms with Crippen LogP contribution in [0.3, 0.4) is 0 Å². The maximum Gasteiger partial charge on any atom is 0.233 e. The van der Waals surface area contributed by atoms with Gasteiger partial charge >= 0.3 is 0 Å². The summed E-state index contributed by atoms with van der Waals surface area (Å²) in [6, 6.07) is 0. The van der Waals surface area contributed by atoms with Crippen LogP contribution in [0.1, 0.15) is 33.6 Å². The highest BCUT2D eigenvalue weighted by Gasteiger charge is 2.18. The van der Waals surface area contributed by atoms with E-state index in [2.05, 4.69) is 5.32 Å². The molecule has 0 radical (unpaired) electrons. The highest BCUT2D eigenvalue weighted by Crippen LogP contribution is 2.06. The molecule has 0 aliphatic rings. The molecule has 0 saturated heterocycles. The van der Waals surface area contributed by atoms with E-state index in [0.717, 1.165) is 6.42 Å². The van der Waals surface area contributed by atoms with Gasteiger partial charge in [0.15, 0.2) is 0 Å². The average Bonchev–Trinajstić information content (AvgIpc) is 2.13. The molecule has 1 unspecified atom stereocenters. The van der Waals surface area contributed by atoms with Gasteiger partial charge in [-0.25, -0.2) is 0 Å². The van der Waals surface area contributed by atoms with Gasteiger partial charge in [-0.15, -0.1) is 0 Å². The van der Waals surface area contributed by atoms with Crippen LogP contribution < -0.4 is 11.1 Å². The smallest absolute Gasteiger partial charge is 0.233 e. The van der Waals surface area contributed by atoms with E-state index >= 15 is 0 Å². The van der Waals surface area contributed by atoms with E-state index in [4.69, 9.17) is 5.73 Å². The Labute approximate surface area is 94.4 Å². The first kappa shape index (κ1) is 14.6. The average molecular weight is 234 g/mol. The SMILES string of the molecule is CCC(C)(C)NC(=O)CS(=O)CCCN. The Morgan fingerprint density at radius 3 is 2.53 bits per heavy atom. The number of hydrogen-bond donors (Lipinski definition) is 2. The summed E-state index contributed by atoms with van der Waals surface area (Å²) in [7, 11) is -1.08. The van der Waals surface area contributed by atoms with Gasteiger partial charge in [0.2, 0.25) is 5.91 Å². The minimum Gasteiger partial charge on any atom is -0.350 e. The highest BCUT2D eigenvalue weighted by molar-refractivity contribution is 7.85. The number of carbonyl (C=O) groups is 1. The molecular weight excluding hydrogens is 212 g/mol. The molecule has 1 atom stereocenters. The highest BCUT2D eigenvalue weighted by atomic mass is 32.2. The molecule has 4 nitrogen and oxygen atoms in total. The second kappa shape index (κ2) is 6.95. The van der Waals surface area contributed by atoms with E-state index < -0.39 is 10.8 Å². The number of nitrogens with two attached hydrogens (primary N) is 1. The van der Waals surface area contributed by atoms with Crippen LogP contribution in [-0.4, -0.2) is 33.7 Å². The van der Waals surface area contributed by atoms with E-state index in [1.165, 1.54) is 0 Å². The van der Waals surface area contributed by atoms with Gasteiger partial charge in [-0.1, -0.05) is 6.92 Å². The largest absolute Gasteiger partial charge is 0.350 e. The van der Waals surface area contributed by atoms with Gasteiger partial charge in [0.25, 0.3) is 0 Å². The van der Waals surface area contributed by atoms with Crippen LogP contribution in [-0.2, 0) is 15.6 Å². The molecule has 0 aromatic rings. The fraction of sp³-hybridized carbons (Fsp3) is 0.900. The lowest BCUT2D eigenvalue weighted by Gasteiger charge is -2.24. The second-order valence-electron chi connectivity index (χ2n) is 4.22. The molecule has 0 rings (SSSR count). The molecule has 0 aromatic carbocycles. The van der Waals surface area contributed by atoms with Crippen molar-refractivity contribution in [1.82, 2.24) is 5.32 Å². The van der Waals surface area contributed by atoms with Crippen LogP contribution in [0.25, 0.3) is 0 Å². The van der Waals surface area contributed by atoms with Gasteiger partial charge in [-0.2, -0.15) is 0 Å². The van der Waals surface area contributed by atoms with Crippen molar-refractivity contribution in [2.24, 2.45) is 5.73 Å². The molecule has 0 bridgehead atoms. The standard InChI is InChI=1S/C10H22N2O2S/c1-4-10(2,3)12-9(13)8-15(14)7-5-6-11/h4-8,11H2,1-3H3,(H,12,13). The van der Waals surface area contributed by atoms with Gasteiger partial charge in [0.1, 0.15) is 5.75 Å². The summed E-state index contributed by atoms with van der Waals surface area (Å²) in [4.78, 5) is 11.5. The summed E-state index contributed by atoms with van der Waals surface area (Å²) in [6.45, 7) is 6.43. The van der Waals surface area contributed by atoms with Crippen LogP contribution in [0.15, 0.2) is 0 Å². The molecule has 0 aliphatic carbocycles. The second-order valence-corrected chi connectivity index (χ2v) is 5.79. The fourth-order valence-corrected chi connectivity index (χ4v) is 1.96. The molecule has 3 N–H and O–H groups in total. The van der Waals surface area contributed by atoms with Crippen molar-refractivity contribution in [1.29, 1.82) is 0 Å². The summed E-state index contributed by atoms with van der Waals surface area (Å²) in [5.41, 5.74) is 5.08. The molecule has 1 amide bonds. The lowest BCUT2D eigenvalue weighted by Crippen LogP contribution is -2.44. The summed E-state index contributed by atoms with van der Waals surface area (Å²) < 4.78 is 11.4. The number of rotatable bonds is 7. The summed E-state index contributed by atoms with van der Waals surface area (Å²) in [5, 5.41) is 2.85. The molecule has 0 aliphatic heterocycles. The van der Waals surface area contributed by atoms with Crippen molar-refractivity contribution in [2.45, 2.75) is 39.2 Å². The Balaban J connectivity index is 3.88. The Kier molecular flexibility index (Phi) is 6.76. The van der Waals surface area contributed by atoms with E-state index in [-0.39, 0.29) is 17.2 Å². The molecule has 15 heavy (non-hydrogen) atoms. The molecule has 0 aromatic heterocycles. The monoisotopic (exact) mass is 234 g/mol. The van der Waals surface area contributed by atoms with Crippen LogP contribution in [0.4, 0.5) is 0 Å². The number of amides is 1. The van der Waals surface area contributed by atoms with Crippen molar-refractivity contribution in [3.05, 3.63) is 0 Å². The van der Waals surface area contributed by atoms with Crippen molar-refractivity contribution in [3.8, 4) is 0 Å². The first-order chi connectivity index (χ1) is 6.91. The van der Waals surface area contributed by atoms with E-state index in [1.807, 2.05) is 20.8 Å². The number of hydrogen-bond acceptors (Lipinski definition) is 3. The van der Waals surface area contributed by atoms with Crippen LogP contribution in [0, 0.1) is 0 Å². The van der Waals surface area contributed by atoms with Gasteiger partial charge in [-0.05, 0) is 33.2 Å². The third kappa shape index (κ3) is 7.50. The van der Waals surface area contributed by atoms with E-state index in [0.29, 0.717) is 18.7 Å². The van der Waals surface area contributed by atoms with Gasteiger partial charge in [-0.3, -0.25) is 9.00 Å². The van der Waals surface area contributed by atoms with Crippen LogP contribution >= 0.6 is 0 Å². The Bertz CT molecular complexity index is 229. The summed E-state index contributed by atoms with van der Waals surface area (Å²) in [6.07, 6.45) is 1.56. The normalized spacial score (nSPS) is 13.6. The lowest BCUT2D eigenvalue weighted by molar-refractivity contribution is -0.120. The van der Waals surface area contributed by atoms with Gasteiger partial charge in [0.05, 0.1) is 0 Å². The third-order valence-corrected chi connectivity index (χ3v) is 3.56. The Hall–Kier alpha value is -0.420. The van der Waals surface area contributed by atoms with Crippen molar-refractivity contribution >= 4 is 16.7 Å². The lowest BCUT2D eigenvalue weighted by atomic mass is 10.0. The first-order valence-corrected chi connectivity index (χ1v) is 6.76. The fourth-order valence-electron chi connectivity index (χ4n) is 0.965. The van der Waals surface area contributed by atoms with E-state index in [1.54, 1.807) is 0 Å². The zero-order valence-electron chi connectivity index (χ0n) is 9.84. The first-order valence-electron chi connectivity index (χ1n) is 5.27. The van der Waals surface area contributed by atoms with Crippen molar-refractivity contribution < 1.29 is 9.00 Å². The molecular formula is C10H22N2O2S. The molecule has 0 heterocycles. The van der Waals surface area contributed by atoms with Crippen molar-refractivity contribution in [3.63, 3.8) is 0 Å².